The monoisotopic (exact) mass is 230 g/mol. The summed E-state index contributed by atoms with van der Waals surface area (Å²) in [5, 5.41) is 12.6. The molecule has 0 aromatic heterocycles. The summed E-state index contributed by atoms with van der Waals surface area (Å²) in [6, 6.07) is 0.204. The number of nitrogens with zero attached hydrogens (tertiary/aromatic N) is 1. The Hall–Kier alpha value is -0.160. The predicted octanol–water partition coefficient (Wildman–Crippen LogP) is 0.314. The normalized spacial score (nSPS) is 24.9. The number of rotatable bonds is 6. The zero-order valence-corrected chi connectivity index (χ0v) is 10.8. The van der Waals surface area contributed by atoms with Crippen molar-refractivity contribution in [3.05, 3.63) is 0 Å². The smallest absolute Gasteiger partial charge is 0.0826 e. The molecular formula is C12H26N2O2. The largest absolute Gasteiger partial charge is 0.395 e. The molecule has 1 heterocycles. The summed E-state index contributed by atoms with van der Waals surface area (Å²) < 4.78 is 5.66. The van der Waals surface area contributed by atoms with Gasteiger partial charge < -0.3 is 20.1 Å². The molecule has 96 valence electrons. The van der Waals surface area contributed by atoms with E-state index >= 15 is 0 Å². The third kappa shape index (κ3) is 5.25. The third-order valence-electron chi connectivity index (χ3n) is 2.95. The highest BCUT2D eigenvalue weighted by molar-refractivity contribution is 4.75. The maximum Gasteiger partial charge on any atom is 0.0826 e. The molecule has 0 aromatic rings. The molecule has 0 saturated carbocycles. The number of hydrogen-bond donors (Lipinski definition) is 2. The number of ether oxygens (including phenoxy) is 1. The maximum atomic E-state index is 9.24. The highest BCUT2D eigenvalue weighted by Crippen LogP contribution is 2.06. The fourth-order valence-corrected chi connectivity index (χ4v) is 2.08. The van der Waals surface area contributed by atoms with Gasteiger partial charge in [0.25, 0.3) is 0 Å². The highest BCUT2D eigenvalue weighted by atomic mass is 16.5. The number of hydrogen-bond acceptors (Lipinski definition) is 4. The van der Waals surface area contributed by atoms with Gasteiger partial charge in [-0.3, -0.25) is 0 Å². The first-order valence-corrected chi connectivity index (χ1v) is 6.26. The van der Waals surface area contributed by atoms with E-state index in [1.165, 1.54) is 0 Å². The van der Waals surface area contributed by atoms with Crippen molar-refractivity contribution in [3.8, 4) is 0 Å². The van der Waals surface area contributed by atoms with Crippen LogP contribution in [-0.2, 0) is 4.74 Å². The van der Waals surface area contributed by atoms with E-state index in [-0.39, 0.29) is 18.8 Å². The van der Waals surface area contributed by atoms with Crippen LogP contribution < -0.4 is 5.32 Å². The summed E-state index contributed by atoms with van der Waals surface area (Å²) >= 11 is 0. The van der Waals surface area contributed by atoms with Gasteiger partial charge in [0, 0.05) is 25.7 Å². The number of nitrogens with one attached hydrogen (secondary N) is 1. The van der Waals surface area contributed by atoms with Crippen LogP contribution in [0.3, 0.4) is 0 Å². The maximum absolute atomic E-state index is 9.24. The zero-order valence-electron chi connectivity index (χ0n) is 10.8. The molecular weight excluding hydrogens is 204 g/mol. The van der Waals surface area contributed by atoms with E-state index in [0.29, 0.717) is 5.92 Å². The lowest BCUT2D eigenvalue weighted by atomic mass is 10.0. The number of morpholine rings is 1. The van der Waals surface area contributed by atoms with E-state index in [1.54, 1.807) is 0 Å². The Balaban J connectivity index is 2.20. The highest BCUT2D eigenvalue weighted by Gasteiger charge is 2.19. The average Bonchev–Trinajstić information content (AvgIpc) is 2.24. The van der Waals surface area contributed by atoms with Gasteiger partial charge in [-0.15, -0.1) is 0 Å². The van der Waals surface area contributed by atoms with Crippen molar-refractivity contribution in [1.29, 1.82) is 0 Å². The minimum Gasteiger partial charge on any atom is -0.395 e. The molecule has 0 radical (unpaired) electrons. The molecule has 4 heteroatoms. The Morgan fingerprint density at radius 2 is 2.25 bits per heavy atom. The van der Waals surface area contributed by atoms with Gasteiger partial charge >= 0.3 is 0 Å². The quantitative estimate of drug-likeness (QED) is 0.689. The first kappa shape index (κ1) is 13.9. The van der Waals surface area contributed by atoms with E-state index in [0.717, 1.165) is 32.7 Å². The topological polar surface area (TPSA) is 44.7 Å². The van der Waals surface area contributed by atoms with Crippen LogP contribution in [0.1, 0.15) is 20.3 Å². The van der Waals surface area contributed by atoms with E-state index in [9.17, 15) is 5.11 Å². The minimum absolute atomic E-state index is 0.204. The van der Waals surface area contributed by atoms with Crippen LogP contribution in [0.25, 0.3) is 0 Å². The molecule has 4 nitrogen and oxygen atoms in total. The van der Waals surface area contributed by atoms with Crippen LogP contribution in [0.4, 0.5) is 0 Å². The van der Waals surface area contributed by atoms with E-state index in [4.69, 9.17) is 4.74 Å². The van der Waals surface area contributed by atoms with Crippen molar-refractivity contribution in [3.63, 3.8) is 0 Å². The Bertz CT molecular complexity index is 184. The van der Waals surface area contributed by atoms with Crippen LogP contribution >= 0.6 is 0 Å². The first-order valence-electron chi connectivity index (χ1n) is 6.26. The molecule has 1 aliphatic rings. The lowest BCUT2D eigenvalue weighted by molar-refractivity contribution is -0.0203. The van der Waals surface area contributed by atoms with Crippen LogP contribution in [0.2, 0.25) is 0 Å². The molecule has 1 fully saturated rings. The molecule has 0 bridgehead atoms. The SMILES string of the molecule is CC(C)CC(CO)NCC1CN(C)CCO1. The van der Waals surface area contributed by atoms with Crippen molar-refractivity contribution >= 4 is 0 Å². The number of aliphatic hydroxyl groups is 1. The van der Waals surface area contributed by atoms with Crippen molar-refractivity contribution in [2.45, 2.75) is 32.4 Å². The summed E-state index contributed by atoms with van der Waals surface area (Å²) in [5.41, 5.74) is 0. The summed E-state index contributed by atoms with van der Waals surface area (Å²) in [6.45, 7) is 8.21. The van der Waals surface area contributed by atoms with Crippen molar-refractivity contribution in [2.24, 2.45) is 5.92 Å². The van der Waals surface area contributed by atoms with Gasteiger partial charge in [-0.2, -0.15) is 0 Å². The second kappa shape index (κ2) is 7.22. The summed E-state index contributed by atoms with van der Waals surface area (Å²) in [6.07, 6.45) is 1.28. The van der Waals surface area contributed by atoms with Crippen LogP contribution in [0, 0.1) is 5.92 Å². The standard InChI is InChI=1S/C12H26N2O2/c1-10(2)6-11(9-15)13-7-12-8-14(3)4-5-16-12/h10-13,15H,4-9H2,1-3H3. The summed E-state index contributed by atoms with van der Waals surface area (Å²) in [5.74, 6) is 0.611. The van der Waals surface area contributed by atoms with Gasteiger partial charge in [0.15, 0.2) is 0 Å². The van der Waals surface area contributed by atoms with Crippen LogP contribution in [0.5, 0.6) is 0 Å². The Morgan fingerprint density at radius 1 is 1.50 bits per heavy atom. The van der Waals surface area contributed by atoms with Gasteiger partial charge in [-0.25, -0.2) is 0 Å². The van der Waals surface area contributed by atoms with Crippen LogP contribution in [0.15, 0.2) is 0 Å². The molecule has 2 N–H and O–H groups in total. The molecule has 1 rings (SSSR count). The molecule has 0 amide bonds. The Kier molecular flexibility index (Phi) is 6.28. The Morgan fingerprint density at radius 3 is 2.81 bits per heavy atom. The van der Waals surface area contributed by atoms with Crippen molar-refractivity contribution < 1.29 is 9.84 Å². The second-order valence-electron chi connectivity index (χ2n) is 5.17. The fourth-order valence-electron chi connectivity index (χ4n) is 2.08. The Labute approximate surface area is 99.0 Å². The van der Waals surface area contributed by atoms with Crippen molar-refractivity contribution in [2.75, 3.05) is 39.9 Å². The third-order valence-corrected chi connectivity index (χ3v) is 2.95. The summed E-state index contributed by atoms with van der Waals surface area (Å²) in [4.78, 5) is 2.28. The van der Waals surface area contributed by atoms with E-state index in [1.807, 2.05) is 0 Å². The lowest BCUT2D eigenvalue weighted by Gasteiger charge is -2.31. The van der Waals surface area contributed by atoms with Gasteiger partial charge in [0.05, 0.1) is 19.3 Å². The number of likely N-dealkylation sites (N-methyl/N-ethyl adjacent to an activating group) is 1. The number of aliphatic hydroxyl groups excluding tert-OH is 1. The molecule has 2 atom stereocenters. The van der Waals surface area contributed by atoms with Gasteiger partial charge in [-0.1, -0.05) is 13.8 Å². The fraction of sp³-hybridized carbons (Fsp3) is 1.00. The van der Waals surface area contributed by atoms with Gasteiger partial charge in [-0.05, 0) is 19.4 Å². The predicted molar refractivity (Wildman–Crippen MR) is 65.6 cm³/mol. The van der Waals surface area contributed by atoms with Gasteiger partial charge in [0.2, 0.25) is 0 Å². The minimum atomic E-state index is 0.204. The zero-order chi connectivity index (χ0) is 12.0. The molecule has 1 aliphatic heterocycles. The van der Waals surface area contributed by atoms with E-state index < -0.39 is 0 Å². The molecule has 16 heavy (non-hydrogen) atoms. The van der Waals surface area contributed by atoms with Gasteiger partial charge in [0.1, 0.15) is 0 Å². The lowest BCUT2D eigenvalue weighted by Crippen LogP contribution is -2.47. The molecule has 0 aromatic carbocycles. The summed E-state index contributed by atoms with van der Waals surface area (Å²) in [7, 11) is 2.12. The first-order chi connectivity index (χ1) is 7.61. The van der Waals surface area contributed by atoms with Crippen LogP contribution in [-0.4, -0.2) is 62.0 Å². The molecule has 2 unspecified atom stereocenters. The van der Waals surface area contributed by atoms with E-state index in [2.05, 4.69) is 31.1 Å². The van der Waals surface area contributed by atoms with Crippen molar-refractivity contribution in [1.82, 2.24) is 10.2 Å². The molecule has 0 spiro atoms. The molecule has 0 aliphatic carbocycles. The molecule has 1 saturated heterocycles. The second-order valence-corrected chi connectivity index (χ2v) is 5.17. The average molecular weight is 230 g/mol.